The highest BCUT2D eigenvalue weighted by molar-refractivity contribution is 7.25. The van der Waals surface area contributed by atoms with Crippen molar-refractivity contribution in [2.24, 2.45) is 0 Å². The first kappa shape index (κ1) is 27.9. The van der Waals surface area contributed by atoms with Gasteiger partial charge in [-0.05, 0) is 82.7 Å². The van der Waals surface area contributed by atoms with Crippen LogP contribution in [0.4, 0.5) is 17.1 Å². The summed E-state index contributed by atoms with van der Waals surface area (Å²) in [4.78, 5) is 2.41. The lowest BCUT2D eigenvalue weighted by molar-refractivity contribution is 0.669. The number of furan rings is 1. The van der Waals surface area contributed by atoms with Crippen molar-refractivity contribution in [3.05, 3.63) is 176 Å². The van der Waals surface area contributed by atoms with Crippen LogP contribution in [0.25, 0.3) is 75.1 Å². The molecule has 0 aliphatic heterocycles. The van der Waals surface area contributed by atoms with Gasteiger partial charge in [0.2, 0.25) is 0 Å². The molecule has 8 aromatic carbocycles. The van der Waals surface area contributed by atoms with Gasteiger partial charge in [-0.3, -0.25) is 0 Å². The normalized spacial score (nSPS) is 11.7. The number of anilines is 3. The minimum atomic E-state index is 0.901. The Kier molecular flexibility index (Phi) is 6.39. The van der Waals surface area contributed by atoms with E-state index in [0.29, 0.717) is 0 Å². The van der Waals surface area contributed by atoms with Crippen LogP contribution in [0.15, 0.2) is 180 Å². The largest absolute Gasteiger partial charge is 0.456 e. The molecule has 0 N–H and O–H groups in total. The molecule has 2 aromatic heterocycles. The molecule has 230 valence electrons. The summed E-state index contributed by atoms with van der Waals surface area (Å²) in [6.07, 6.45) is 0. The predicted octanol–water partition coefficient (Wildman–Crippen LogP) is 13.9. The Morgan fingerprint density at radius 3 is 1.94 bits per heavy atom. The zero-order valence-corrected chi connectivity index (χ0v) is 27.3. The van der Waals surface area contributed by atoms with Gasteiger partial charge >= 0.3 is 0 Å². The minimum Gasteiger partial charge on any atom is -0.456 e. The predicted molar refractivity (Wildman–Crippen MR) is 210 cm³/mol. The molecule has 0 saturated heterocycles. The molecular weight excluding hydrogens is 615 g/mol. The van der Waals surface area contributed by atoms with Crippen molar-refractivity contribution in [1.82, 2.24) is 0 Å². The van der Waals surface area contributed by atoms with Crippen molar-refractivity contribution in [1.29, 1.82) is 0 Å². The van der Waals surface area contributed by atoms with Crippen molar-refractivity contribution in [2.45, 2.75) is 0 Å². The lowest BCUT2D eigenvalue weighted by Gasteiger charge is -2.29. The third kappa shape index (κ3) is 4.62. The Morgan fingerprint density at radius 1 is 0.388 bits per heavy atom. The summed E-state index contributed by atoms with van der Waals surface area (Å²) in [6, 6.07) is 63.4. The average Bonchev–Trinajstić information content (AvgIpc) is 3.73. The van der Waals surface area contributed by atoms with Gasteiger partial charge in [0.05, 0.1) is 11.4 Å². The van der Waals surface area contributed by atoms with Crippen molar-refractivity contribution in [3.8, 4) is 22.3 Å². The van der Waals surface area contributed by atoms with E-state index in [1.165, 1.54) is 42.1 Å². The van der Waals surface area contributed by atoms with E-state index < -0.39 is 0 Å². The summed E-state index contributed by atoms with van der Waals surface area (Å²) in [7, 11) is 0. The Labute approximate surface area is 287 Å². The van der Waals surface area contributed by atoms with E-state index in [-0.39, 0.29) is 0 Å². The maximum atomic E-state index is 6.19. The number of fused-ring (bicyclic) bond motifs is 7. The Balaban J connectivity index is 1.14. The van der Waals surface area contributed by atoms with Gasteiger partial charge in [0.15, 0.2) is 0 Å². The van der Waals surface area contributed by atoms with E-state index in [9.17, 15) is 0 Å². The molecule has 49 heavy (non-hydrogen) atoms. The highest BCUT2D eigenvalue weighted by Crippen LogP contribution is 2.45. The molecule has 0 amide bonds. The maximum Gasteiger partial charge on any atom is 0.135 e. The Morgan fingerprint density at radius 2 is 1.02 bits per heavy atom. The van der Waals surface area contributed by atoms with E-state index in [1.807, 2.05) is 23.5 Å². The molecule has 10 rings (SSSR count). The van der Waals surface area contributed by atoms with Gasteiger partial charge in [-0.2, -0.15) is 0 Å². The molecule has 0 atom stereocenters. The van der Waals surface area contributed by atoms with E-state index >= 15 is 0 Å². The molecule has 0 radical (unpaired) electrons. The topological polar surface area (TPSA) is 16.4 Å². The lowest BCUT2D eigenvalue weighted by atomic mass is 9.98. The zero-order valence-electron chi connectivity index (χ0n) is 26.5. The van der Waals surface area contributed by atoms with Crippen LogP contribution in [0.5, 0.6) is 0 Å². The molecule has 0 bridgehead atoms. The van der Waals surface area contributed by atoms with Crippen LogP contribution < -0.4 is 4.90 Å². The van der Waals surface area contributed by atoms with E-state index in [4.69, 9.17) is 4.42 Å². The third-order valence-electron chi connectivity index (χ3n) is 9.68. The molecule has 0 saturated carbocycles. The lowest BCUT2D eigenvalue weighted by Crippen LogP contribution is -2.11. The molecular formula is C46H29NOS. The zero-order chi connectivity index (χ0) is 32.3. The fraction of sp³-hybridized carbons (Fsp3) is 0. The maximum absolute atomic E-state index is 6.19. The van der Waals surface area contributed by atoms with Gasteiger partial charge in [-0.25, -0.2) is 0 Å². The van der Waals surface area contributed by atoms with Crippen LogP contribution >= 0.6 is 11.3 Å². The van der Waals surface area contributed by atoms with Gasteiger partial charge in [-0.15, -0.1) is 11.3 Å². The summed E-state index contributed by atoms with van der Waals surface area (Å²) in [6.45, 7) is 0. The third-order valence-corrected chi connectivity index (χ3v) is 10.8. The summed E-state index contributed by atoms with van der Waals surface area (Å²) in [5.74, 6) is 0. The van der Waals surface area contributed by atoms with Gasteiger partial charge in [-0.1, -0.05) is 115 Å². The van der Waals surface area contributed by atoms with Crippen LogP contribution in [-0.2, 0) is 0 Å². The van der Waals surface area contributed by atoms with Crippen molar-refractivity contribution in [2.75, 3.05) is 4.90 Å². The average molecular weight is 644 g/mol. The number of nitrogens with zero attached hydrogens (tertiary/aromatic N) is 1. The first-order valence-electron chi connectivity index (χ1n) is 16.6. The molecule has 10 aromatic rings. The molecule has 3 heteroatoms. The number of rotatable bonds is 5. The summed E-state index contributed by atoms with van der Waals surface area (Å²) < 4.78 is 8.84. The smallest absolute Gasteiger partial charge is 0.135 e. The molecule has 0 fully saturated rings. The second-order valence-electron chi connectivity index (χ2n) is 12.5. The fourth-order valence-electron chi connectivity index (χ4n) is 7.33. The highest BCUT2D eigenvalue weighted by Gasteiger charge is 2.20. The second kappa shape index (κ2) is 11.2. The second-order valence-corrected chi connectivity index (χ2v) is 13.6. The number of benzene rings is 8. The molecule has 0 aliphatic rings. The number of thiophene rings is 1. The van der Waals surface area contributed by atoms with Crippen LogP contribution in [0.1, 0.15) is 0 Å². The van der Waals surface area contributed by atoms with Crippen LogP contribution in [-0.4, -0.2) is 0 Å². The van der Waals surface area contributed by atoms with Gasteiger partial charge in [0, 0.05) is 47.6 Å². The summed E-state index contributed by atoms with van der Waals surface area (Å²) >= 11 is 1.86. The molecule has 2 nitrogen and oxygen atoms in total. The van der Waals surface area contributed by atoms with E-state index in [0.717, 1.165) is 50.1 Å². The fourth-order valence-corrected chi connectivity index (χ4v) is 8.41. The molecule has 2 heterocycles. The van der Waals surface area contributed by atoms with E-state index in [1.54, 1.807) is 0 Å². The standard InChI is InChI=1S/C46H29NOS/c1-2-12-35-31(10-1)11-9-17-42(35)47(34-24-20-30(21-25-34)32-23-27-46-40(28-32)38-15-5-8-19-45(38)49-46)41-16-6-3-13-36(41)33-22-26-44-39(29-33)37-14-4-7-18-43(37)48-44/h1-29H. The SMILES string of the molecule is c1ccc(N(c2ccc(-c3ccc4sc5ccccc5c4c3)cc2)c2cccc3ccccc23)c(-c2ccc3oc4ccccc4c3c2)c1. The first-order chi connectivity index (χ1) is 24.3. The molecule has 0 spiro atoms. The Bertz CT molecular complexity index is 2840. The Hall–Kier alpha value is -6.16. The number of hydrogen-bond donors (Lipinski definition) is 0. The van der Waals surface area contributed by atoms with Crippen LogP contribution in [0.3, 0.4) is 0 Å². The molecule has 0 aliphatic carbocycles. The number of hydrogen-bond acceptors (Lipinski definition) is 3. The minimum absolute atomic E-state index is 0.901. The van der Waals surface area contributed by atoms with E-state index in [2.05, 4.69) is 169 Å². The van der Waals surface area contributed by atoms with Crippen molar-refractivity contribution < 1.29 is 4.42 Å². The van der Waals surface area contributed by atoms with Crippen molar-refractivity contribution >= 4 is 81.3 Å². The highest BCUT2D eigenvalue weighted by atomic mass is 32.1. The molecule has 0 unspecified atom stereocenters. The monoisotopic (exact) mass is 643 g/mol. The summed E-state index contributed by atoms with van der Waals surface area (Å²) in [5.41, 5.74) is 9.89. The first-order valence-corrected chi connectivity index (χ1v) is 17.4. The summed E-state index contributed by atoms with van der Waals surface area (Å²) in [5, 5.41) is 7.31. The quantitative estimate of drug-likeness (QED) is 0.186. The van der Waals surface area contributed by atoms with Gasteiger partial charge in [0.25, 0.3) is 0 Å². The van der Waals surface area contributed by atoms with Crippen LogP contribution in [0, 0.1) is 0 Å². The van der Waals surface area contributed by atoms with Gasteiger partial charge < -0.3 is 9.32 Å². The number of para-hydroxylation sites is 2. The van der Waals surface area contributed by atoms with Crippen LogP contribution in [0.2, 0.25) is 0 Å². The van der Waals surface area contributed by atoms with Crippen molar-refractivity contribution in [3.63, 3.8) is 0 Å². The van der Waals surface area contributed by atoms with Gasteiger partial charge in [0.1, 0.15) is 11.2 Å².